The van der Waals surface area contributed by atoms with Crippen LogP contribution in [0.2, 0.25) is 0 Å². The Morgan fingerprint density at radius 3 is 1.13 bits per heavy atom. The van der Waals surface area contributed by atoms with E-state index < -0.39 is 85.8 Å². The molecular formula is C88H117O22PS7-2. The summed E-state index contributed by atoms with van der Waals surface area (Å²) >= 11 is 16.2. The summed E-state index contributed by atoms with van der Waals surface area (Å²) in [7, 11) is -4.13. The van der Waals surface area contributed by atoms with E-state index in [1.807, 2.05) is 112 Å². The maximum absolute atomic E-state index is 13.2. The van der Waals surface area contributed by atoms with Gasteiger partial charge in [-0.25, -0.2) is 27.6 Å². The number of rotatable bonds is 41. The van der Waals surface area contributed by atoms with Gasteiger partial charge in [0.25, 0.3) is 0 Å². The molecule has 0 saturated carbocycles. The summed E-state index contributed by atoms with van der Waals surface area (Å²) in [4.78, 5) is 123. The third-order valence-electron chi connectivity index (χ3n) is 17.7. The van der Waals surface area contributed by atoms with Gasteiger partial charge in [0, 0.05) is 16.7 Å². The number of carbonyl (C=O) groups is 10. The third kappa shape index (κ3) is 45.2. The molecule has 1 heterocycles. The Labute approximate surface area is 728 Å². The van der Waals surface area contributed by atoms with Crippen LogP contribution < -0.4 is 0 Å². The van der Waals surface area contributed by atoms with Gasteiger partial charge in [0.2, 0.25) is 0 Å². The molecule has 30 heteroatoms. The second kappa shape index (κ2) is 62.6. The van der Waals surface area contributed by atoms with Crippen molar-refractivity contribution in [3.63, 3.8) is 0 Å². The van der Waals surface area contributed by atoms with Gasteiger partial charge in [-0.3, -0.25) is 28.8 Å². The van der Waals surface area contributed by atoms with Crippen LogP contribution >= 0.6 is 81.4 Å². The first-order valence-electron chi connectivity index (χ1n) is 39.7. The van der Waals surface area contributed by atoms with Crippen LogP contribution in [-0.4, -0.2) is 165 Å². The zero-order valence-corrected chi connectivity index (χ0v) is 75.7. The maximum atomic E-state index is 13.2. The van der Waals surface area contributed by atoms with Crippen LogP contribution in [0.3, 0.4) is 0 Å². The number of esters is 8. The summed E-state index contributed by atoms with van der Waals surface area (Å²) in [6.07, 6.45) is 17.8. The summed E-state index contributed by atoms with van der Waals surface area (Å²) in [5, 5.41) is 15.1. The fraction of sp³-hybridized carbons (Fsp3) is 0.500. The minimum atomic E-state index is -4.13. The number of ether oxygens (including phenoxy) is 8. The topological polar surface area (TPSA) is 319 Å². The van der Waals surface area contributed by atoms with Crippen molar-refractivity contribution < 1.29 is 104 Å². The molecule has 1 saturated heterocycles. The molecule has 1 aliphatic heterocycles. The molecule has 7 unspecified atom stereocenters. The number of aliphatic carboxylic acids is 2. The van der Waals surface area contributed by atoms with E-state index in [-0.39, 0.29) is 109 Å². The Morgan fingerprint density at radius 2 is 0.771 bits per heavy atom. The van der Waals surface area contributed by atoms with Crippen LogP contribution in [0, 0.1) is 17.8 Å². The first-order chi connectivity index (χ1) is 56.0. The molecule has 2 N–H and O–H groups in total. The zero-order chi connectivity index (χ0) is 86.3. The van der Waals surface area contributed by atoms with E-state index in [9.17, 15) is 66.6 Å². The number of unbranched alkanes of at least 4 members (excludes halogenated alkanes) is 7. The van der Waals surface area contributed by atoms with E-state index >= 15 is 0 Å². The number of carbonyl (C=O) groups excluding carboxylic acids is 8. The average molecular weight is 1780 g/mol. The standard InChI is InChI=1S/C44H58O10S3.C23H30O6S3.C21H28O6S.HP/c1-5-56-44(55)57-34(4)41(48)52-24-16-8-6-7-9-17-25-53-43(50)38(31-36-22-14-11-15-23-36)29-33(3)40(47)51-26-18-19-27-54-42(49)37(28-32(2)39(45)46)30-35-20-12-10-13-21-35;1-4-31-23(30)32-17(3)21(26)28-12-8-9-13-29-22(27)19(14-16(2)20(24)25)15-18-10-6-5-7-11-18;1-16-19(18-12-8-7-9-13-18)28(24,25)17(2)21(23)27-15-11-6-4-3-5-10-14-26-20(16)22;/h10-15,20-23,30-34H,5-9,16-19,24-29H2,1-4H3,(H,45,46);5-7,10-11,15-17H,4,8-9,12-14H2,1-3H3,(H,24,25);7-9,12-13,17,19H,1,3-6,10-11,14-15H2,2H3;1H/q;;;-2/b37-30+,38-31+;19-15+;;. The number of thioether (sulfide) groups is 4. The predicted octanol–water partition coefficient (Wildman–Crippen LogP) is 19.1. The molecule has 650 valence electrons. The molecule has 4 aromatic rings. The molecule has 4 aromatic carbocycles. The van der Waals surface area contributed by atoms with Gasteiger partial charge < -0.3 is 58.0 Å². The summed E-state index contributed by atoms with van der Waals surface area (Å²) in [6, 6.07) is 36.0. The van der Waals surface area contributed by atoms with Crippen molar-refractivity contribution >= 4 is 176 Å². The van der Waals surface area contributed by atoms with Crippen molar-refractivity contribution in [2.45, 2.75) is 198 Å². The second-order valence-corrected chi connectivity index (χ2v) is 37.5. The van der Waals surface area contributed by atoms with Crippen LogP contribution in [-0.2, 0) is 95.7 Å². The lowest BCUT2D eigenvalue weighted by Gasteiger charge is -2.23. The van der Waals surface area contributed by atoms with Gasteiger partial charge in [-0.1, -0.05) is 262 Å². The van der Waals surface area contributed by atoms with Crippen LogP contribution in [0.25, 0.3) is 18.2 Å². The highest BCUT2D eigenvalue weighted by Gasteiger charge is 2.42. The first-order valence-corrected chi connectivity index (χ1v) is 45.9. The van der Waals surface area contributed by atoms with Crippen LogP contribution in [0.1, 0.15) is 205 Å². The SMILES string of the molecule is C=C1C(=O)OCCCCCCCCOC(=O)C(C)S(=O)(=O)C1c1ccccc1.CCSC(=S)SC(C)C(=O)OCCCCCCCCOC(=O)/C(=C/c1ccccc1)CC(C)C(=O)OCCCCOC(=O)/C(=C/c1ccccc1)CC(C)C(=O)O.CCSC(=S)SC(C)C(=O)OCCCCOC(=O)/C(=C/c1ccccc1)CC(C)C(=O)O.[PH-2]. The molecule has 0 aromatic heterocycles. The van der Waals surface area contributed by atoms with E-state index in [4.69, 9.17) is 62.3 Å². The monoisotopic (exact) mass is 1780 g/mol. The largest absolute Gasteiger partial charge is 1.51 e. The van der Waals surface area contributed by atoms with Crippen molar-refractivity contribution in [1.29, 1.82) is 0 Å². The molecule has 0 spiro atoms. The quantitative estimate of drug-likeness (QED) is 0.0104. The molecular weight excluding hydrogens is 1660 g/mol. The minimum absolute atomic E-state index is 0. The lowest BCUT2D eigenvalue weighted by atomic mass is 9.99. The maximum Gasteiger partial charge on any atom is 0.335 e. The van der Waals surface area contributed by atoms with Crippen LogP contribution in [0.4, 0.5) is 0 Å². The number of carboxylic acid groups (broad SMARTS) is 2. The predicted molar refractivity (Wildman–Crippen MR) is 482 cm³/mol. The molecule has 1 fully saturated rings. The van der Waals surface area contributed by atoms with Gasteiger partial charge >= 0.3 is 59.7 Å². The Kier molecular flexibility index (Phi) is 56.5. The van der Waals surface area contributed by atoms with Crippen LogP contribution in [0.5, 0.6) is 0 Å². The molecule has 0 radical (unpaired) electrons. The van der Waals surface area contributed by atoms with Gasteiger partial charge in [0.15, 0.2) is 15.1 Å². The fourth-order valence-electron chi connectivity index (χ4n) is 10.9. The number of cyclic esters (lactones) is 2. The molecule has 0 aliphatic carbocycles. The normalized spacial score (nSPS) is 16.0. The first kappa shape index (κ1) is 107. The number of hydrogen-bond donors (Lipinski definition) is 2. The Morgan fingerprint density at radius 1 is 0.466 bits per heavy atom. The van der Waals surface area contributed by atoms with Gasteiger partial charge in [-0.05, 0) is 143 Å². The van der Waals surface area contributed by atoms with E-state index in [1.54, 1.807) is 81.1 Å². The van der Waals surface area contributed by atoms with Crippen LogP contribution in [0.15, 0.2) is 150 Å². The van der Waals surface area contributed by atoms with Crippen molar-refractivity contribution in [3.8, 4) is 0 Å². The molecule has 0 bridgehead atoms. The molecule has 1 aliphatic rings. The Bertz CT molecular complexity index is 3970. The van der Waals surface area contributed by atoms with Gasteiger partial charge in [-0.15, -0.1) is 23.5 Å². The summed E-state index contributed by atoms with van der Waals surface area (Å²) in [5.41, 5.74) is 3.51. The average Bonchev–Trinajstić information content (AvgIpc) is 0.781. The lowest BCUT2D eigenvalue weighted by molar-refractivity contribution is -0.149. The second-order valence-electron chi connectivity index (χ2n) is 27.5. The summed E-state index contributed by atoms with van der Waals surface area (Å²) in [5.74, 6) is -6.47. The number of benzene rings is 4. The number of sulfone groups is 1. The van der Waals surface area contributed by atoms with Crippen molar-refractivity contribution in [1.82, 2.24) is 0 Å². The molecule has 22 nitrogen and oxygen atoms in total. The van der Waals surface area contributed by atoms with Crippen molar-refractivity contribution in [2.75, 3.05) is 64.4 Å². The Balaban J connectivity index is 0.000000653. The molecule has 118 heavy (non-hydrogen) atoms. The third-order valence-corrected chi connectivity index (χ3v) is 25.2. The lowest BCUT2D eigenvalue weighted by Crippen LogP contribution is -2.35. The highest BCUT2D eigenvalue weighted by atomic mass is 32.2. The van der Waals surface area contributed by atoms with Gasteiger partial charge in [-0.2, -0.15) is 0 Å². The zero-order valence-electron chi connectivity index (χ0n) is 69.0. The van der Waals surface area contributed by atoms with E-state index in [2.05, 4.69) is 6.58 Å². The molecule has 5 rings (SSSR count). The van der Waals surface area contributed by atoms with E-state index in [0.29, 0.717) is 68.3 Å². The highest BCUT2D eigenvalue weighted by Crippen LogP contribution is 2.34. The summed E-state index contributed by atoms with van der Waals surface area (Å²) in [6.45, 7) is 19.0. The number of thiocarbonyl (C=S) groups is 2. The van der Waals surface area contributed by atoms with E-state index in [1.165, 1.54) is 49.1 Å². The number of carboxylic acids is 2. The Hall–Kier alpha value is -7.50. The number of hydrogen-bond acceptors (Lipinski definition) is 26. The molecule has 0 amide bonds. The highest BCUT2D eigenvalue weighted by molar-refractivity contribution is 8.48. The van der Waals surface area contributed by atoms with E-state index in [0.717, 1.165) is 93.0 Å². The fourth-order valence-corrected chi connectivity index (χ4v) is 17.7. The minimum Gasteiger partial charge on any atom is -1.51 e. The molecule has 7 atom stereocenters. The smallest absolute Gasteiger partial charge is 0.335 e. The van der Waals surface area contributed by atoms with Crippen molar-refractivity contribution in [3.05, 3.63) is 172 Å². The summed E-state index contributed by atoms with van der Waals surface area (Å²) < 4.78 is 70.8. The van der Waals surface area contributed by atoms with Gasteiger partial charge in [0.05, 0.1) is 76.2 Å². The van der Waals surface area contributed by atoms with Gasteiger partial charge in [0.1, 0.15) is 22.8 Å². The van der Waals surface area contributed by atoms with Crippen molar-refractivity contribution in [2.24, 2.45) is 17.8 Å².